The van der Waals surface area contributed by atoms with E-state index in [1.807, 2.05) is 5.38 Å². The van der Waals surface area contributed by atoms with E-state index in [9.17, 15) is 4.79 Å². The minimum Gasteiger partial charge on any atom is -0.352 e. The van der Waals surface area contributed by atoms with Crippen LogP contribution in [0, 0.1) is 11.8 Å². The highest BCUT2D eigenvalue weighted by Gasteiger charge is 2.21. The molecule has 0 saturated carbocycles. The van der Waals surface area contributed by atoms with E-state index >= 15 is 0 Å². The third-order valence-corrected chi connectivity index (χ3v) is 4.45. The Kier molecular flexibility index (Phi) is 5.20. The van der Waals surface area contributed by atoms with Crippen LogP contribution in [0.15, 0.2) is 16.8 Å². The van der Waals surface area contributed by atoms with Gasteiger partial charge in [0.2, 0.25) is 5.91 Å². The number of nitrogens with one attached hydrogen (secondary N) is 2. The van der Waals surface area contributed by atoms with Crippen LogP contribution in [0.5, 0.6) is 0 Å². The zero-order chi connectivity index (χ0) is 12.8. The molecular weight excluding hydrogens is 244 g/mol. The molecule has 2 rings (SSSR count). The number of rotatable bonds is 5. The van der Waals surface area contributed by atoms with Gasteiger partial charge in [0.15, 0.2) is 0 Å². The highest BCUT2D eigenvalue weighted by molar-refractivity contribution is 7.07. The topological polar surface area (TPSA) is 41.1 Å². The normalized spacial score (nSPS) is 21.5. The van der Waals surface area contributed by atoms with Crippen molar-refractivity contribution in [3.8, 4) is 0 Å². The van der Waals surface area contributed by atoms with Gasteiger partial charge in [-0.3, -0.25) is 4.79 Å². The van der Waals surface area contributed by atoms with Gasteiger partial charge in [-0.15, -0.1) is 0 Å². The van der Waals surface area contributed by atoms with Crippen molar-refractivity contribution in [1.29, 1.82) is 0 Å². The molecule has 1 amide bonds. The fourth-order valence-electron chi connectivity index (χ4n) is 2.49. The molecule has 1 aliphatic rings. The molecule has 2 N–H and O–H groups in total. The van der Waals surface area contributed by atoms with Crippen molar-refractivity contribution < 1.29 is 4.79 Å². The summed E-state index contributed by atoms with van der Waals surface area (Å²) in [6, 6.07) is 2.05. The van der Waals surface area contributed by atoms with Crippen molar-refractivity contribution in [3.63, 3.8) is 0 Å². The van der Waals surface area contributed by atoms with Gasteiger partial charge in [-0.05, 0) is 60.2 Å². The number of amides is 1. The third-order valence-electron chi connectivity index (χ3n) is 3.72. The van der Waals surface area contributed by atoms with Crippen LogP contribution in [0.1, 0.15) is 31.7 Å². The molecule has 1 aromatic rings. The molecule has 1 aliphatic heterocycles. The number of hydrogen-bond acceptors (Lipinski definition) is 3. The maximum atomic E-state index is 11.9. The molecule has 0 radical (unpaired) electrons. The van der Waals surface area contributed by atoms with E-state index < -0.39 is 0 Å². The Balaban J connectivity index is 1.69. The lowest BCUT2D eigenvalue weighted by atomic mass is 9.85. The van der Waals surface area contributed by atoms with Gasteiger partial charge in [-0.2, -0.15) is 11.3 Å². The van der Waals surface area contributed by atoms with Crippen molar-refractivity contribution in [3.05, 3.63) is 22.4 Å². The molecule has 2 heterocycles. The third kappa shape index (κ3) is 4.10. The summed E-state index contributed by atoms with van der Waals surface area (Å²) in [6.45, 7) is 5.06. The van der Waals surface area contributed by atoms with Crippen molar-refractivity contribution >= 4 is 17.2 Å². The summed E-state index contributed by atoms with van der Waals surface area (Å²) in [7, 11) is 0. The lowest BCUT2D eigenvalue weighted by molar-refractivity contribution is -0.122. The van der Waals surface area contributed by atoms with E-state index in [4.69, 9.17) is 0 Å². The van der Waals surface area contributed by atoms with Gasteiger partial charge in [0, 0.05) is 13.0 Å². The van der Waals surface area contributed by atoms with Crippen molar-refractivity contribution in [2.75, 3.05) is 13.1 Å². The smallest absolute Gasteiger partial charge is 0.220 e. The van der Waals surface area contributed by atoms with Crippen LogP contribution in [0.4, 0.5) is 0 Å². The zero-order valence-corrected chi connectivity index (χ0v) is 11.8. The first-order valence-corrected chi connectivity index (χ1v) is 7.68. The largest absolute Gasteiger partial charge is 0.352 e. The van der Waals surface area contributed by atoms with E-state index in [1.54, 1.807) is 11.3 Å². The standard InChI is InChI=1S/C14H22N2OS/c1-11(13-3-2-5-15-9-13)7-14(17)16-8-12-4-6-18-10-12/h4,6,10-11,13,15H,2-3,5,7-9H2,1H3,(H,16,17). The lowest BCUT2D eigenvalue weighted by Gasteiger charge is -2.28. The minimum atomic E-state index is 0.180. The van der Waals surface area contributed by atoms with Gasteiger partial charge in [-0.1, -0.05) is 6.92 Å². The molecule has 0 aliphatic carbocycles. The fraction of sp³-hybridized carbons (Fsp3) is 0.643. The van der Waals surface area contributed by atoms with Gasteiger partial charge in [-0.25, -0.2) is 0 Å². The second kappa shape index (κ2) is 6.90. The van der Waals surface area contributed by atoms with Gasteiger partial charge < -0.3 is 10.6 Å². The average molecular weight is 266 g/mol. The Morgan fingerprint density at radius 2 is 2.56 bits per heavy atom. The zero-order valence-electron chi connectivity index (χ0n) is 10.9. The first-order valence-electron chi connectivity index (χ1n) is 6.74. The van der Waals surface area contributed by atoms with Gasteiger partial charge in [0.1, 0.15) is 0 Å². The van der Waals surface area contributed by atoms with Crippen LogP contribution in [-0.4, -0.2) is 19.0 Å². The summed E-state index contributed by atoms with van der Waals surface area (Å²) >= 11 is 1.67. The average Bonchev–Trinajstić information content (AvgIpc) is 2.90. The van der Waals surface area contributed by atoms with Crippen molar-refractivity contribution in [2.24, 2.45) is 11.8 Å². The highest BCUT2D eigenvalue weighted by Crippen LogP contribution is 2.22. The predicted octanol–water partition coefficient (Wildman–Crippen LogP) is 2.39. The lowest BCUT2D eigenvalue weighted by Crippen LogP contribution is -2.35. The van der Waals surface area contributed by atoms with Gasteiger partial charge >= 0.3 is 0 Å². The number of thiophene rings is 1. The number of carbonyl (C=O) groups excluding carboxylic acids is 1. The molecule has 4 heteroatoms. The second-order valence-corrected chi connectivity index (χ2v) is 5.98. The monoisotopic (exact) mass is 266 g/mol. The molecular formula is C14H22N2OS. The summed E-state index contributed by atoms with van der Waals surface area (Å²) in [5.74, 6) is 1.31. The van der Waals surface area contributed by atoms with Gasteiger partial charge in [0.25, 0.3) is 0 Å². The first kappa shape index (κ1) is 13.6. The number of carbonyl (C=O) groups is 1. The van der Waals surface area contributed by atoms with E-state index in [2.05, 4.69) is 29.0 Å². The molecule has 1 aromatic heterocycles. The van der Waals surface area contributed by atoms with Crippen LogP contribution in [0.3, 0.4) is 0 Å². The summed E-state index contributed by atoms with van der Waals surface area (Å²) in [4.78, 5) is 11.9. The maximum Gasteiger partial charge on any atom is 0.220 e. The molecule has 1 fully saturated rings. The van der Waals surface area contributed by atoms with Crippen LogP contribution in [0.2, 0.25) is 0 Å². The predicted molar refractivity (Wildman–Crippen MR) is 75.5 cm³/mol. The van der Waals surface area contributed by atoms with Gasteiger partial charge in [0.05, 0.1) is 0 Å². The Labute approximate surface area is 113 Å². The fourth-order valence-corrected chi connectivity index (χ4v) is 3.16. The van der Waals surface area contributed by atoms with E-state index in [-0.39, 0.29) is 5.91 Å². The molecule has 2 unspecified atom stereocenters. The summed E-state index contributed by atoms with van der Waals surface area (Å²) in [5, 5.41) is 10.5. The van der Waals surface area contributed by atoms with Crippen molar-refractivity contribution in [2.45, 2.75) is 32.7 Å². The van der Waals surface area contributed by atoms with E-state index in [0.717, 1.165) is 13.1 Å². The second-order valence-electron chi connectivity index (χ2n) is 5.20. The summed E-state index contributed by atoms with van der Waals surface area (Å²) < 4.78 is 0. The molecule has 3 nitrogen and oxygen atoms in total. The Morgan fingerprint density at radius 3 is 3.22 bits per heavy atom. The molecule has 2 atom stereocenters. The molecule has 0 bridgehead atoms. The highest BCUT2D eigenvalue weighted by atomic mass is 32.1. The van der Waals surface area contributed by atoms with E-state index in [1.165, 1.54) is 18.4 Å². The number of piperidine rings is 1. The quantitative estimate of drug-likeness (QED) is 0.859. The van der Waals surface area contributed by atoms with Crippen LogP contribution >= 0.6 is 11.3 Å². The number of hydrogen-bond donors (Lipinski definition) is 2. The van der Waals surface area contributed by atoms with Crippen molar-refractivity contribution in [1.82, 2.24) is 10.6 Å². The maximum absolute atomic E-state index is 11.9. The summed E-state index contributed by atoms with van der Waals surface area (Å²) in [6.07, 6.45) is 3.15. The molecule has 0 aromatic carbocycles. The molecule has 1 saturated heterocycles. The molecule has 100 valence electrons. The Hall–Kier alpha value is -0.870. The van der Waals surface area contributed by atoms with E-state index in [0.29, 0.717) is 24.8 Å². The molecule has 18 heavy (non-hydrogen) atoms. The minimum absolute atomic E-state index is 0.180. The van der Waals surface area contributed by atoms with Crippen LogP contribution < -0.4 is 10.6 Å². The van der Waals surface area contributed by atoms with Crippen LogP contribution in [0.25, 0.3) is 0 Å². The summed E-state index contributed by atoms with van der Waals surface area (Å²) in [5.41, 5.74) is 1.19. The Bertz CT molecular complexity index is 358. The van der Waals surface area contributed by atoms with Crippen LogP contribution in [-0.2, 0) is 11.3 Å². The Morgan fingerprint density at radius 1 is 1.67 bits per heavy atom. The SMILES string of the molecule is CC(CC(=O)NCc1ccsc1)C1CCCNC1. The first-order chi connectivity index (χ1) is 8.75. The molecule has 0 spiro atoms.